The van der Waals surface area contributed by atoms with E-state index in [4.69, 9.17) is 5.73 Å². The number of carbonyl (C=O) groups is 2. The Morgan fingerprint density at radius 2 is 1.64 bits per heavy atom. The van der Waals surface area contributed by atoms with Crippen LogP contribution in [0.4, 0.5) is 5.69 Å². The zero-order chi connectivity index (χ0) is 17.6. The van der Waals surface area contributed by atoms with Gasteiger partial charge in [-0.15, -0.1) is 0 Å². The fraction of sp³-hybridized carbons (Fsp3) is 0.300. The Bertz CT molecular complexity index is 750. The van der Waals surface area contributed by atoms with Crippen molar-refractivity contribution in [1.82, 2.24) is 4.90 Å². The van der Waals surface area contributed by atoms with Gasteiger partial charge in [-0.2, -0.15) is 0 Å². The van der Waals surface area contributed by atoms with Gasteiger partial charge in [0, 0.05) is 25.2 Å². The summed E-state index contributed by atoms with van der Waals surface area (Å²) in [6.07, 6.45) is 3.24. The molecule has 2 amide bonds. The molecule has 1 saturated heterocycles. The number of nitrogens with two attached hydrogens (primary N) is 1. The summed E-state index contributed by atoms with van der Waals surface area (Å²) in [6, 6.07) is 14.3. The van der Waals surface area contributed by atoms with E-state index in [9.17, 15) is 9.59 Å². The number of benzene rings is 2. The molecule has 1 fully saturated rings. The highest BCUT2D eigenvalue weighted by molar-refractivity contribution is 6.09. The van der Waals surface area contributed by atoms with Crippen molar-refractivity contribution in [2.75, 3.05) is 18.4 Å². The maximum atomic E-state index is 12.8. The monoisotopic (exact) mass is 337 g/mol. The minimum atomic E-state index is -0.234. The number of rotatable bonds is 4. The first-order valence-corrected chi connectivity index (χ1v) is 8.67. The molecule has 130 valence electrons. The van der Waals surface area contributed by atoms with Gasteiger partial charge >= 0.3 is 0 Å². The molecule has 25 heavy (non-hydrogen) atoms. The van der Waals surface area contributed by atoms with Crippen molar-refractivity contribution < 1.29 is 9.59 Å². The Morgan fingerprint density at radius 1 is 0.960 bits per heavy atom. The highest BCUT2D eigenvalue weighted by Gasteiger charge is 2.21. The van der Waals surface area contributed by atoms with Gasteiger partial charge in [0.2, 0.25) is 0 Å². The third-order valence-electron chi connectivity index (χ3n) is 4.50. The van der Waals surface area contributed by atoms with E-state index >= 15 is 0 Å². The van der Waals surface area contributed by atoms with Crippen LogP contribution in [0.5, 0.6) is 0 Å². The summed E-state index contributed by atoms with van der Waals surface area (Å²) < 4.78 is 0. The predicted octanol–water partition coefficient (Wildman–Crippen LogP) is 3.02. The Kier molecular flexibility index (Phi) is 5.46. The maximum absolute atomic E-state index is 12.8. The minimum absolute atomic E-state index is 0.0194. The molecular weight excluding hydrogens is 314 g/mol. The molecule has 1 aliphatic rings. The molecule has 1 aliphatic heterocycles. The summed E-state index contributed by atoms with van der Waals surface area (Å²) in [5, 5.41) is 2.87. The van der Waals surface area contributed by atoms with E-state index in [1.165, 1.54) is 6.42 Å². The quantitative estimate of drug-likeness (QED) is 0.900. The first-order chi connectivity index (χ1) is 12.2. The van der Waals surface area contributed by atoms with Gasteiger partial charge in [-0.3, -0.25) is 9.59 Å². The fourth-order valence-electron chi connectivity index (χ4n) is 3.03. The number of nitrogens with zero attached hydrogens (tertiary/aromatic N) is 1. The molecule has 5 heteroatoms. The van der Waals surface area contributed by atoms with E-state index in [1.54, 1.807) is 24.3 Å². The van der Waals surface area contributed by atoms with E-state index in [0.29, 0.717) is 23.4 Å². The van der Waals surface area contributed by atoms with Gasteiger partial charge < -0.3 is 16.0 Å². The SMILES string of the molecule is NCc1ccc(C(=O)Nc2ccccc2C(=O)N2CCCCC2)cc1. The molecule has 0 aliphatic carbocycles. The van der Waals surface area contributed by atoms with Crippen LogP contribution >= 0.6 is 0 Å². The summed E-state index contributed by atoms with van der Waals surface area (Å²) >= 11 is 0. The number of likely N-dealkylation sites (tertiary alicyclic amines) is 1. The zero-order valence-corrected chi connectivity index (χ0v) is 14.2. The molecule has 3 N–H and O–H groups in total. The number of carbonyl (C=O) groups excluding carboxylic acids is 2. The summed E-state index contributed by atoms with van der Waals surface area (Å²) in [5.41, 5.74) is 8.18. The van der Waals surface area contributed by atoms with Crippen LogP contribution in [0.2, 0.25) is 0 Å². The van der Waals surface area contributed by atoms with Gasteiger partial charge in [-0.25, -0.2) is 0 Å². The van der Waals surface area contributed by atoms with Gasteiger partial charge in [-0.1, -0.05) is 24.3 Å². The molecule has 0 bridgehead atoms. The van der Waals surface area contributed by atoms with Crippen LogP contribution in [0, 0.1) is 0 Å². The highest BCUT2D eigenvalue weighted by atomic mass is 16.2. The van der Waals surface area contributed by atoms with Crippen LogP contribution in [0.1, 0.15) is 45.5 Å². The standard InChI is InChI=1S/C20H23N3O2/c21-14-15-8-10-16(11-9-15)19(24)22-18-7-3-2-6-17(18)20(25)23-12-4-1-5-13-23/h2-3,6-11H,1,4-5,12-14,21H2,(H,22,24). The normalized spacial score (nSPS) is 14.2. The van der Waals surface area contributed by atoms with Crippen molar-refractivity contribution in [2.45, 2.75) is 25.8 Å². The number of nitrogens with one attached hydrogen (secondary N) is 1. The largest absolute Gasteiger partial charge is 0.339 e. The second-order valence-corrected chi connectivity index (χ2v) is 6.25. The Morgan fingerprint density at radius 3 is 2.32 bits per heavy atom. The number of para-hydroxylation sites is 1. The minimum Gasteiger partial charge on any atom is -0.339 e. The second kappa shape index (κ2) is 7.94. The lowest BCUT2D eigenvalue weighted by molar-refractivity contribution is 0.0725. The van der Waals surface area contributed by atoms with Crippen LogP contribution in [0.15, 0.2) is 48.5 Å². The lowest BCUT2D eigenvalue weighted by Crippen LogP contribution is -2.36. The summed E-state index contributed by atoms with van der Waals surface area (Å²) in [6.45, 7) is 2.00. The van der Waals surface area contributed by atoms with Gasteiger partial charge in [0.15, 0.2) is 0 Å². The Labute approximate surface area is 147 Å². The third-order valence-corrected chi connectivity index (χ3v) is 4.50. The number of amides is 2. The smallest absolute Gasteiger partial charge is 0.255 e. The van der Waals surface area contributed by atoms with Crippen molar-refractivity contribution in [3.05, 3.63) is 65.2 Å². The number of anilines is 1. The van der Waals surface area contributed by atoms with E-state index in [2.05, 4.69) is 5.32 Å². The van der Waals surface area contributed by atoms with Crippen LogP contribution in [-0.4, -0.2) is 29.8 Å². The Balaban J connectivity index is 1.77. The van der Waals surface area contributed by atoms with Gasteiger partial charge in [0.25, 0.3) is 11.8 Å². The number of hydrogen-bond acceptors (Lipinski definition) is 3. The predicted molar refractivity (Wildman–Crippen MR) is 98.5 cm³/mol. The first kappa shape index (κ1) is 17.2. The number of hydrogen-bond donors (Lipinski definition) is 2. The topological polar surface area (TPSA) is 75.4 Å². The molecule has 0 saturated carbocycles. The third kappa shape index (κ3) is 4.06. The maximum Gasteiger partial charge on any atom is 0.255 e. The van der Waals surface area contributed by atoms with Crippen molar-refractivity contribution in [3.8, 4) is 0 Å². The lowest BCUT2D eigenvalue weighted by Gasteiger charge is -2.27. The van der Waals surface area contributed by atoms with Crippen LogP contribution in [-0.2, 0) is 6.54 Å². The average molecular weight is 337 g/mol. The molecule has 5 nitrogen and oxygen atoms in total. The van der Waals surface area contributed by atoms with Crippen LogP contribution in [0.3, 0.4) is 0 Å². The van der Waals surface area contributed by atoms with E-state index < -0.39 is 0 Å². The lowest BCUT2D eigenvalue weighted by atomic mass is 10.1. The van der Waals surface area contributed by atoms with E-state index in [0.717, 1.165) is 31.5 Å². The van der Waals surface area contributed by atoms with Crippen molar-refractivity contribution in [2.24, 2.45) is 5.73 Å². The molecule has 0 radical (unpaired) electrons. The summed E-state index contributed by atoms with van der Waals surface area (Å²) in [7, 11) is 0. The molecule has 0 spiro atoms. The molecule has 0 aromatic heterocycles. The van der Waals surface area contributed by atoms with Crippen molar-refractivity contribution in [1.29, 1.82) is 0 Å². The molecule has 0 unspecified atom stereocenters. The van der Waals surface area contributed by atoms with Gasteiger partial charge in [-0.05, 0) is 49.1 Å². The zero-order valence-electron chi connectivity index (χ0n) is 14.2. The molecular formula is C20H23N3O2. The van der Waals surface area contributed by atoms with E-state index in [1.807, 2.05) is 29.2 Å². The fourth-order valence-corrected chi connectivity index (χ4v) is 3.03. The average Bonchev–Trinajstić information content (AvgIpc) is 2.68. The molecule has 1 heterocycles. The van der Waals surface area contributed by atoms with Gasteiger partial charge in [0.1, 0.15) is 0 Å². The van der Waals surface area contributed by atoms with Crippen molar-refractivity contribution >= 4 is 17.5 Å². The highest BCUT2D eigenvalue weighted by Crippen LogP contribution is 2.21. The molecule has 0 atom stereocenters. The first-order valence-electron chi connectivity index (χ1n) is 8.67. The summed E-state index contributed by atoms with van der Waals surface area (Å²) in [4.78, 5) is 27.1. The van der Waals surface area contributed by atoms with Gasteiger partial charge in [0.05, 0.1) is 11.3 Å². The Hall–Kier alpha value is -2.66. The molecule has 2 aromatic rings. The molecule has 2 aromatic carbocycles. The second-order valence-electron chi connectivity index (χ2n) is 6.25. The molecule has 3 rings (SSSR count). The van der Waals surface area contributed by atoms with Crippen LogP contribution < -0.4 is 11.1 Å². The van der Waals surface area contributed by atoms with Crippen LogP contribution in [0.25, 0.3) is 0 Å². The van der Waals surface area contributed by atoms with E-state index in [-0.39, 0.29) is 11.8 Å². The summed E-state index contributed by atoms with van der Waals surface area (Å²) in [5.74, 6) is -0.253. The van der Waals surface area contributed by atoms with Crippen molar-refractivity contribution in [3.63, 3.8) is 0 Å². The number of piperidine rings is 1.